The van der Waals surface area contributed by atoms with Gasteiger partial charge in [0.25, 0.3) is 0 Å². The molecule has 0 atom stereocenters. The van der Waals surface area contributed by atoms with Crippen molar-refractivity contribution in [2.24, 2.45) is 5.41 Å². The van der Waals surface area contributed by atoms with Gasteiger partial charge in [0.15, 0.2) is 0 Å². The molecule has 1 N–H and O–H groups in total. The van der Waals surface area contributed by atoms with Crippen LogP contribution in [0.5, 0.6) is 0 Å². The molecule has 0 saturated carbocycles. The van der Waals surface area contributed by atoms with Gasteiger partial charge in [-0.15, -0.1) is 0 Å². The van der Waals surface area contributed by atoms with Gasteiger partial charge in [-0.2, -0.15) is 0 Å². The summed E-state index contributed by atoms with van der Waals surface area (Å²) < 4.78 is 0. The quantitative estimate of drug-likeness (QED) is 0.436. The lowest BCUT2D eigenvalue weighted by atomic mass is 9.72. The third-order valence-electron chi connectivity index (χ3n) is 4.12. The average Bonchev–Trinajstić information content (AvgIpc) is 2.43. The minimum absolute atomic E-state index is 0.142. The summed E-state index contributed by atoms with van der Waals surface area (Å²) in [6, 6.07) is 0. The molecule has 1 aliphatic rings. The SMILES string of the molecule is CC1=C(/C=C/C(C=O)=C/C=C/C(C)=C/C(=O)O)C(C)(C)CCC1. The normalized spacial score (nSPS) is 19.7. The van der Waals surface area contributed by atoms with E-state index < -0.39 is 5.97 Å². The molecular weight excluding hydrogens is 288 g/mol. The standard InChI is InChI=1S/C20H26O3/c1-15(13-19(22)23)7-5-9-17(14-21)10-11-18-16(2)8-6-12-20(18,3)4/h5,7,9-11,13-14H,6,8,12H2,1-4H3,(H,22,23)/b7-5+,11-10+,15-13+,17-9-. The summed E-state index contributed by atoms with van der Waals surface area (Å²) >= 11 is 0. The minimum atomic E-state index is -0.978. The van der Waals surface area contributed by atoms with Crippen LogP contribution in [0.1, 0.15) is 47.0 Å². The minimum Gasteiger partial charge on any atom is -0.478 e. The van der Waals surface area contributed by atoms with E-state index >= 15 is 0 Å². The molecule has 124 valence electrons. The molecule has 3 heteroatoms. The number of carboxylic acids is 1. The molecule has 0 aliphatic heterocycles. The maximum Gasteiger partial charge on any atom is 0.328 e. The molecule has 23 heavy (non-hydrogen) atoms. The van der Waals surface area contributed by atoms with Crippen molar-refractivity contribution in [2.45, 2.75) is 47.0 Å². The number of carbonyl (C=O) groups is 2. The van der Waals surface area contributed by atoms with E-state index in [0.29, 0.717) is 11.1 Å². The van der Waals surface area contributed by atoms with Crippen LogP contribution in [0.4, 0.5) is 0 Å². The fourth-order valence-corrected chi connectivity index (χ4v) is 2.88. The van der Waals surface area contributed by atoms with Gasteiger partial charge >= 0.3 is 5.97 Å². The summed E-state index contributed by atoms with van der Waals surface area (Å²) in [5, 5.41) is 8.64. The van der Waals surface area contributed by atoms with E-state index in [1.54, 1.807) is 25.2 Å². The second kappa shape index (κ2) is 8.47. The number of carbonyl (C=O) groups excluding carboxylic acids is 1. The van der Waals surface area contributed by atoms with Gasteiger partial charge in [0.05, 0.1) is 0 Å². The topological polar surface area (TPSA) is 54.4 Å². The zero-order chi connectivity index (χ0) is 17.5. The molecule has 0 bridgehead atoms. The highest BCUT2D eigenvalue weighted by Gasteiger charge is 2.26. The molecule has 0 saturated heterocycles. The highest BCUT2D eigenvalue weighted by atomic mass is 16.4. The zero-order valence-electron chi connectivity index (χ0n) is 14.4. The van der Waals surface area contributed by atoms with E-state index in [-0.39, 0.29) is 5.41 Å². The lowest BCUT2D eigenvalue weighted by Gasteiger charge is -2.32. The van der Waals surface area contributed by atoms with Gasteiger partial charge in [-0.05, 0) is 49.7 Å². The van der Waals surface area contributed by atoms with Crippen LogP contribution in [0.25, 0.3) is 0 Å². The van der Waals surface area contributed by atoms with Gasteiger partial charge in [0.1, 0.15) is 6.29 Å². The van der Waals surface area contributed by atoms with Crippen molar-refractivity contribution in [1.29, 1.82) is 0 Å². The number of hydrogen-bond donors (Lipinski definition) is 1. The van der Waals surface area contributed by atoms with Gasteiger partial charge in [-0.3, -0.25) is 4.79 Å². The summed E-state index contributed by atoms with van der Waals surface area (Å²) in [7, 11) is 0. The summed E-state index contributed by atoms with van der Waals surface area (Å²) in [4.78, 5) is 21.7. The Hall–Kier alpha value is -2.16. The third-order valence-corrected chi connectivity index (χ3v) is 4.12. The highest BCUT2D eigenvalue weighted by molar-refractivity contribution is 5.81. The maximum atomic E-state index is 11.2. The second-order valence-electron chi connectivity index (χ2n) is 6.64. The van der Waals surface area contributed by atoms with Crippen LogP contribution in [0.3, 0.4) is 0 Å². The number of aldehydes is 1. The lowest BCUT2D eigenvalue weighted by molar-refractivity contribution is -0.131. The number of hydrogen-bond acceptors (Lipinski definition) is 2. The average molecular weight is 314 g/mol. The first kappa shape index (κ1) is 18.9. The number of aliphatic carboxylic acids is 1. The first-order chi connectivity index (χ1) is 10.8. The van der Waals surface area contributed by atoms with Crippen LogP contribution in [-0.2, 0) is 9.59 Å². The van der Waals surface area contributed by atoms with Crippen molar-refractivity contribution in [3.8, 4) is 0 Å². The largest absolute Gasteiger partial charge is 0.478 e. The molecule has 0 unspecified atom stereocenters. The van der Waals surface area contributed by atoms with Crippen molar-refractivity contribution in [3.05, 3.63) is 58.7 Å². The maximum absolute atomic E-state index is 11.2. The molecule has 0 radical (unpaired) electrons. The Morgan fingerprint density at radius 3 is 2.52 bits per heavy atom. The van der Waals surface area contributed by atoms with Gasteiger partial charge in [0, 0.05) is 11.6 Å². The molecule has 1 rings (SSSR count). The summed E-state index contributed by atoms with van der Waals surface area (Å²) in [6.45, 7) is 8.33. The summed E-state index contributed by atoms with van der Waals surface area (Å²) in [5.41, 5.74) is 4.02. The molecule has 3 nitrogen and oxygen atoms in total. The van der Waals surface area contributed by atoms with E-state index in [2.05, 4.69) is 20.8 Å². The first-order valence-electron chi connectivity index (χ1n) is 7.89. The molecule has 0 aromatic carbocycles. The van der Waals surface area contributed by atoms with Gasteiger partial charge in [0.2, 0.25) is 0 Å². The Morgan fingerprint density at radius 1 is 1.26 bits per heavy atom. The van der Waals surface area contributed by atoms with Crippen LogP contribution in [0.2, 0.25) is 0 Å². The van der Waals surface area contributed by atoms with E-state index in [9.17, 15) is 9.59 Å². The van der Waals surface area contributed by atoms with Crippen LogP contribution >= 0.6 is 0 Å². The van der Waals surface area contributed by atoms with Crippen LogP contribution in [0, 0.1) is 5.41 Å². The molecule has 0 aromatic heterocycles. The van der Waals surface area contributed by atoms with Crippen LogP contribution in [-0.4, -0.2) is 17.4 Å². The first-order valence-corrected chi connectivity index (χ1v) is 7.89. The highest BCUT2D eigenvalue weighted by Crippen LogP contribution is 2.40. The molecule has 0 fully saturated rings. The second-order valence-corrected chi connectivity index (χ2v) is 6.64. The van der Waals surface area contributed by atoms with Crippen LogP contribution < -0.4 is 0 Å². The van der Waals surface area contributed by atoms with Crippen LogP contribution in [0.15, 0.2) is 58.7 Å². The molecule has 1 aliphatic carbocycles. The van der Waals surface area contributed by atoms with Crippen molar-refractivity contribution < 1.29 is 14.7 Å². The number of rotatable bonds is 6. The third kappa shape index (κ3) is 6.23. The fraction of sp³-hybridized carbons (Fsp3) is 0.400. The summed E-state index contributed by atoms with van der Waals surface area (Å²) in [5.74, 6) is -0.978. The molecule has 0 amide bonds. The Kier molecular flexibility index (Phi) is 6.95. The van der Waals surface area contributed by atoms with E-state index in [4.69, 9.17) is 5.11 Å². The monoisotopic (exact) mass is 314 g/mol. The van der Waals surface area contributed by atoms with Gasteiger partial charge in [-0.25, -0.2) is 4.79 Å². The molecule has 0 heterocycles. The fourth-order valence-electron chi connectivity index (χ4n) is 2.88. The van der Waals surface area contributed by atoms with E-state index in [1.165, 1.54) is 17.6 Å². The van der Waals surface area contributed by atoms with E-state index in [1.807, 2.05) is 12.2 Å². The predicted octanol–water partition coefficient (Wildman–Crippen LogP) is 4.78. The van der Waals surface area contributed by atoms with Gasteiger partial charge < -0.3 is 5.11 Å². The molecule has 0 aromatic rings. The number of allylic oxidation sites excluding steroid dienone is 9. The zero-order valence-corrected chi connectivity index (χ0v) is 14.4. The Morgan fingerprint density at radius 2 is 1.96 bits per heavy atom. The molecule has 0 spiro atoms. The Labute approximate surface area is 138 Å². The lowest BCUT2D eigenvalue weighted by Crippen LogP contribution is -2.19. The van der Waals surface area contributed by atoms with Crippen molar-refractivity contribution in [3.63, 3.8) is 0 Å². The smallest absolute Gasteiger partial charge is 0.328 e. The number of carboxylic acid groups (broad SMARTS) is 1. The summed E-state index contributed by atoms with van der Waals surface area (Å²) in [6.07, 6.45) is 14.3. The Balaban J connectivity index is 2.91. The Bertz CT molecular complexity index is 611. The van der Waals surface area contributed by atoms with Crippen molar-refractivity contribution >= 4 is 12.3 Å². The van der Waals surface area contributed by atoms with Gasteiger partial charge in [-0.1, -0.05) is 49.8 Å². The van der Waals surface area contributed by atoms with Crippen molar-refractivity contribution in [2.75, 3.05) is 0 Å². The van der Waals surface area contributed by atoms with Crippen molar-refractivity contribution in [1.82, 2.24) is 0 Å². The predicted molar refractivity (Wildman–Crippen MR) is 94.2 cm³/mol. The van der Waals surface area contributed by atoms with E-state index in [0.717, 1.165) is 25.2 Å². The molecular formula is C20H26O3.